The summed E-state index contributed by atoms with van der Waals surface area (Å²) in [6.45, 7) is 4.99. The van der Waals surface area contributed by atoms with Gasteiger partial charge in [0, 0.05) is 11.3 Å². The van der Waals surface area contributed by atoms with E-state index in [-0.39, 0.29) is 34.4 Å². The van der Waals surface area contributed by atoms with Gasteiger partial charge < -0.3 is 16.5 Å². The Morgan fingerprint density at radius 1 is 1.14 bits per heavy atom. The van der Waals surface area contributed by atoms with Crippen molar-refractivity contribution in [2.45, 2.75) is 25.9 Å². The Kier molecular flexibility index (Phi) is 4.45. The van der Waals surface area contributed by atoms with E-state index < -0.39 is 0 Å². The Balaban J connectivity index is 2.16. The molecular weight excluding hydrogens is 304 g/mol. The average molecular weight is 320 g/mol. The van der Waals surface area contributed by atoms with Crippen LogP contribution in [0, 0.1) is 13.8 Å². The van der Waals surface area contributed by atoms with Gasteiger partial charge in [0.05, 0.1) is 11.4 Å². The van der Waals surface area contributed by atoms with Crippen LogP contribution >= 0.6 is 11.8 Å². The molecular formula is C13H16N6O2S. The molecule has 2 rings (SSSR count). The van der Waals surface area contributed by atoms with Crippen LogP contribution in [0.5, 0.6) is 0 Å². The van der Waals surface area contributed by atoms with E-state index in [1.165, 1.54) is 6.92 Å². The van der Waals surface area contributed by atoms with Crippen LogP contribution in [0.15, 0.2) is 5.16 Å². The van der Waals surface area contributed by atoms with Gasteiger partial charge in [-0.1, -0.05) is 11.8 Å². The third kappa shape index (κ3) is 3.25. The molecule has 22 heavy (non-hydrogen) atoms. The number of Topliss-reactive ketones (excluding diaryl/α,β-unsaturated/α-hetero) is 2. The molecule has 0 aliphatic heterocycles. The largest absolute Gasteiger partial charge is 0.368 e. The Labute approximate surface area is 131 Å². The molecule has 9 heteroatoms. The van der Waals surface area contributed by atoms with Gasteiger partial charge in [-0.3, -0.25) is 9.59 Å². The molecule has 0 aliphatic rings. The Morgan fingerprint density at radius 3 is 2.23 bits per heavy atom. The number of aryl methyl sites for hydroxylation is 1. The van der Waals surface area contributed by atoms with Crippen LogP contribution in [0.2, 0.25) is 0 Å². The van der Waals surface area contributed by atoms with Gasteiger partial charge in [-0.15, -0.1) is 0 Å². The quantitative estimate of drug-likeness (QED) is 0.550. The molecule has 0 aliphatic carbocycles. The Bertz CT molecular complexity index is 735. The number of carbonyl (C=O) groups excluding carboxylic acids is 2. The summed E-state index contributed by atoms with van der Waals surface area (Å²) < 4.78 is 0. The zero-order valence-electron chi connectivity index (χ0n) is 12.4. The molecule has 0 unspecified atom stereocenters. The van der Waals surface area contributed by atoms with Crippen LogP contribution in [0.1, 0.15) is 39.0 Å². The number of thioether (sulfide) groups is 1. The van der Waals surface area contributed by atoms with Gasteiger partial charge in [-0.25, -0.2) is 0 Å². The third-order valence-corrected chi connectivity index (χ3v) is 3.90. The molecule has 0 saturated heterocycles. The lowest BCUT2D eigenvalue weighted by atomic mass is 10.1. The summed E-state index contributed by atoms with van der Waals surface area (Å²) in [6.07, 6.45) is 0. The standard InChI is InChI=1S/C13H16N6O2S/c1-5-9(7(3)20)6(2)16-10(5)8(21)4-22-13-18-11(14)17-12(15)19-13/h16H,4H2,1-3H3,(H4,14,15,17,18,19). The van der Waals surface area contributed by atoms with Gasteiger partial charge in [0.1, 0.15) is 0 Å². The van der Waals surface area contributed by atoms with E-state index in [1.54, 1.807) is 13.8 Å². The predicted molar refractivity (Wildman–Crippen MR) is 84.0 cm³/mol. The Hall–Kier alpha value is -2.42. The number of rotatable bonds is 5. The lowest BCUT2D eigenvalue weighted by Gasteiger charge is -2.02. The SMILES string of the molecule is CC(=O)c1c(C)[nH]c(C(=O)CSc2nc(N)nc(N)n2)c1C. The van der Waals surface area contributed by atoms with Crippen LogP contribution in [0.4, 0.5) is 11.9 Å². The van der Waals surface area contributed by atoms with Crippen molar-refractivity contribution in [2.75, 3.05) is 17.2 Å². The van der Waals surface area contributed by atoms with E-state index in [1.807, 2.05) is 0 Å². The van der Waals surface area contributed by atoms with Crippen molar-refractivity contribution in [3.8, 4) is 0 Å². The summed E-state index contributed by atoms with van der Waals surface area (Å²) in [6, 6.07) is 0. The van der Waals surface area contributed by atoms with Crippen LogP contribution in [0.25, 0.3) is 0 Å². The van der Waals surface area contributed by atoms with E-state index in [4.69, 9.17) is 11.5 Å². The summed E-state index contributed by atoms with van der Waals surface area (Å²) in [5.41, 5.74) is 13.3. The smallest absolute Gasteiger partial charge is 0.225 e. The minimum atomic E-state index is -0.157. The van der Waals surface area contributed by atoms with Gasteiger partial charge >= 0.3 is 0 Å². The van der Waals surface area contributed by atoms with Crippen molar-refractivity contribution in [1.29, 1.82) is 0 Å². The highest BCUT2D eigenvalue weighted by Gasteiger charge is 2.20. The summed E-state index contributed by atoms with van der Waals surface area (Å²) in [7, 11) is 0. The molecule has 0 saturated carbocycles. The van der Waals surface area contributed by atoms with Gasteiger partial charge in [0.2, 0.25) is 11.9 Å². The van der Waals surface area contributed by atoms with E-state index in [9.17, 15) is 9.59 Å². The number of nitrogens with zero attached hydrogens (tertiary/aromatic N) is 3. The fourth-order valence-corrected chi connectivity index (χ4v) is 2.93. The number of nitrogens with two attached hydrogens (primary N) is 2. The zero-order chi connectivity index (χ0) is 16.4. The number of H-pyrrole nitrogens is 1. The summed E-state index contributed by atoms with van der Waals surface area (Å²) in [5, 5.41) is 0.283. The first kappa shape index (κ1) is 16.0. The molecule has 0 aromatic carbocycles. The average Bonchev–Trinajstić information content (AvgIpc) is 2.70. The lowest BCUT2D eigenvalue weighted by molar-refractivity contribution is 0.101. The maximum Gasteiger partial charge on any atom is 0.225 e. The van der Waals surface area contributed by atoms with Gasteiger partial charge in [-0.05, 0) is 26.3 Å². The molecule has 8 nitrogen and oxygen atoms in total. The molecule has 2 aromatic rings. The number of ketones is 2. The topological polar surface area (TPSA) is 141 Å². The number of carbonyl (C=O) groups is 2. The molecule has 0 bridgehead atoms. The fourth-order valence-electron chi connectivity index (χ4n) is 2.21. The normalized spacial score (nSPS) is 10.7. The first-order valence-corrected chi connectivity index (χ1v) is 7.41. The second-order valence-corrected chi connectivity index (χ2v) is 5.67. The van der Waals surface area contributed by atoms with E-state index in [0.717, 1.165) is 11.8 Å². The van der Waals surface area contributed by atoms with Crippen LogP contribution in [-0.2, 0) is 0 Å². The number of nitrogen functional groups attached to an aromatic ring is 2. The number of aromatic amines is 1. The number of hydrogen-bond donors (Lipinski definition) is 3. The molecule has 0 fully saturated rings. The second-order valence-electron chi connectivity index (χ2n) is 4.73. The highest BCUT2D eigenvalue weighted by Crippen LogP contribution is 2.22. The summed E-state index contributed by atoms with van der Waals surface area (Å²) >= 11 is 1.11. The van der Waals surface area contributed by atoms with Crippen LogP contribution < -0.4 is 11.5 Å². The molecule has 2 heterocycles. The molecule has 5 N–H and O–H groups in total. The van der Waals surface area contributed by atoms with E-state index in [2.05, 4.69) is 19.9 Å². The minimum Gasteiger partial charge on any atom is -0.368 e. The predicted octanol–water partition coefficient (Wildman–Crippen LogP) is 1.16. The molecule has 116 valence electrons. The number of nitrogens with one attached hydrogen (secondary N) is 1. The van der Waals surface area contributed by atoms with E-state index in [0.29, 0.717) is 22.5 Å². The second kappa shape index (κ2) is 6.14. The fraction of sp³-hybridized carbons (Fsp3) is 0.308. The lowest BCUT2D eigenvalue weighted by Crippen LogP contribution is -2.08. The van der Waals surface area contributed by atoms with Crippen molar-refractivity contribution >= 4 is 35.2 Å². The molecule has 0 radical (unpaired) electrons. The molecule has 0 amide bonds. The van der Waals surface area contributed by atoms with Crippen molar-refractivity contribution in [3.05, 3.63) is 22.5 Å². The first-order chi connectivity index (χ1) is 10.3. The summed E-state index contributed by atoms with van der Waals surface area (Å²) in [4.78, 5) is 38.3. The minimum absolute atomic E-state index is 0.00761. The van der Waals surface area contributed by atoms with Gasteiger partial charge in [-0.2, -0.15) is 15.0 Å². The monoisotopic (exact) mass is 320 g/mol. The Morgan fingerprint density at radius 2 is 1.73 bits per heavy atom. The summed E-state index contributed by atoms with van der Waals surface area (Å²) in [5.74, 6) is -0.117. The van der Waals surface area contributed by atoms with Crippen LogP contribution in [0.3, 0.4) is 0 Å². The highest BCUT2D eigenvalue weighted by atomic mass is 32.2. The van der Waals surface area contributed by atoms with E-state index >= 15 is 0 Å². The van der Waals surface area contributed by atoms with Crippen molar-refractivity contribution in [2.24, 2.45) is 0 Å². The van der Waals surface area contributed by atoms with Crippen LogP contribution in [-0.4, -0.2) is 37.3 Å². The van der Waals surface area contributed by atoms with Crippen molar-refractivity contribution in [3.63, 3.8) is 0 Å². The zero-order valence-corrected chi connectivity index (χ0v) is 13.2. The first-order valence-electron chi connectivity index (χ1n) is 6.42. The molecule has 0 atom stereocenters. The van der Waals surface area contributed by atoms with Gasteiger partial charge in [0.15, 0.2) is 16.7 Å². The number of hydrogen-bond acceptors (Lipinski definition) is 8. The number of aromatic nitrogens is 4. The number of anilines is 2. The highest BCUT2D eigenvalue weighted by molar-refractivity contribution is 7.99. The third-order valence-electron chi connectivity index (χ3n) is 3.05. The maximum atomic E-state index is 12.3. The molecule has 0 spiro atoms. The maximum absolute atomic E-state index is 12.3. The molecule has 2 aromatic heterocycles. The van der Waals surface area contributed by atoms with Crippen molar-refractivity contribution < 1.29 is 9.59 Å². The van der Waals surface area contributed by atoms with Gasteiger partial charge in [0.25, 0.3) is 0 Å². The van der Waals surface area contributed by atoms with Crippen molar-refractivity contribution in [1.82, 2.24) is 19.9 Å².